The fourth-order valence-corrected chi connectivity index (χ4v) is 3.99. The second-order valence-electron chi connectivity index (χ2n) is 7.49. The van der Waals surface area contributed by atoms with Crippen molar-refractivity contribution in [2.45, 2.75) is 64.1 Å². The van der Waals surface area contributed by atoms with Gasteiger partial charge in [-0.1, -0.05) is 43.7 Å². The number of benzene rings is 1. The number of piperazine rings is 1. The van der Waals surface area contributed by atoms with Gasteiger partial charge in [-0.25, -0.2) is 0 Å². The minimum Gasteiger partial charge on any atom is -0.311 e. The first kappa shape index (κ1) is 15.1. The number of nitrogens with one attached hydrogen (secondary N) is 1. The van der Waals surface area contributed by atoms with Gasteiger partial charge in [-0.05, 0) is 44.6 Å². The van der Waals surface area contributed by atoms with Crippen LogP contribution in [-0.4, -0.2) is 29.6 Å². The summed E-state index contributed by atoms with van der Waals surface area (Å²) in [6, 6.07) is 12.3. The smallest absolute Gasteiger partial charge is 0.0478 e. The van der Waals surface area contributed by atoms with E-state index in [0.717, 1.165) is 12.5 Å². The summed E-state index contributed by atoms with van der Waals surface area (Å²) >= 11 is 0. The molecule has 2 fully saturated rings. The molecule has 2 aliphatic rings. The van der Waals surface area contributed by atoms with Gasteiger partial charge >= 0.3 is 0 Å². The van der Waals surface area contributed by atoms with Crippen molar-refractivity contribution >= 4 is 0 Å². The quantitative estimate of drug-likeness (QED) is 0.880. The van der Waals surface area contributed by atoms with Gasteiger partial charge in [0.1, 0.15) is 0 Å². The van der Waals surface area contributed by atoms with Gasteiger partial charge in [-0.3, -0.25) is 4.90 Å². The Bertz CT molecular complexity index is 450. The van der Waals surface area contributed by atoms with Crippen molar-refractivity contribution in [3.63, 3.8) is 0 Å². The van der Waals surface area contributed by atoms with Crippen molar-refractivity contribution in [1.82, 2.24) is 10.2 Å². The maximum atomic E-state index is 3.83. The highest BCUT2D eigenvalue weighted by Gasteiger charge is 2.42. The van der Waals surface area contributed by atoms with Crippen molar-refractivity contribution < 1.29 is 0 Å². The molecular weight excluding hydrogens is 256 g/mol. The van der Waals surface area contributed by atoms with Crippen molar-refractivity contribution in [2.75, 3.05) is 13.1 Å². The Kier molecular flexibility index (Phi) is 4.37. The summed E-state index contributed by atoms with van der Waals surface area (Å²) in [7, 11) is 0. The Morgan fingerprint density at radius 1 is 1.19 bits per heavy atom. The molecule has 2 nitrogen and oxygen atoms in total. The van der Waals surface area contributed by atoms with Crippen LogP contribution in [0, 0.1) is 5.92 Å². The Morgan fingerprint density at radius 2 is 1.90 bits per heavy atom. The third kappa shape index (κ3) is 3.32. The molecule has 1 saturated carbocycles. The summed E-state index contributed by atoms with van der Waals surface area (Å²) in [6.45, 7) is 9.47. The monoisotopic (exact) mass is 286 g/mol. The summed E-state index contributed by atoms with van der Waals surface area (Å²) in [5.74, 6) is 0.932. The summed E-state index contributed by atoms with van der Waals surface area (Å²) < 4.78 is 0. The SMILES string of the molecule is CCCC(C)(C)N1CC(C2CC2)NCC1c1ccccc1. The predicted molar refractivity (Wildman–Crippen MR) is 89.4 cm³/mol. The molecule has 2 heteroatoms. The maximum absolute atomic E-state index is 3.83. The zero-order chi connectivity index (χ0) is 14.9. The average Bonchev–Trinajstić information content (AvgIpc) is 3.32. The van der Waals surface area contributed by atoms with E-state index in [0.29, 0.717) is 12.1 Å². The fraction of sp³-hybridized carbons (Fsp3) is 0.684. The van der Waals surface area contributed by atoms with E-state index in [2.05, 4.69) is 61.3 Å². The summed E-state index contributed by atoms with van der Waals surface area (Å²) in [4.78, 5) is 2.78. The van der Waals surface area contributed by atoms with Crippen LogP contribution in [0.5, 0.6) is 0 Å². The van der Waals surface area contributed by atoms with Crippen molar-refractivity contribution in [3.05, 3.63) is 35.9 Å². The molecule has 21 heavy (non-hydrogen) atoms. The molecule has 0 bridgehead atoms. The van der Waals surface area contributed by atoms with E-state index < -0.39 is 0 Å². The van der Waals surface area contributed by atoms with Crippen LogP contribution in [0.25, 0.3) is 0 Å². The third-order valence-electron chi connectivity index (χ3n) is 5.36. The van der Waals surface area contributed by atoms with E-state index in [1.165, 1.54) is 37.8 Å². The molecule has 0 aromatic heterocycles. The van der Waals surface area contributed by atoms with Gasteiger partial charge in [-0.2, -0.15) is 0 Å². The lowest BCUT2D eigenvalue weighted by Gasteiger charge is -2.49. The molecule has 0 spiro atoms. The zero-order valence-corrected chi connectivity index (χ0v) is 13.8. The lowest BCUT2D eigenvalue weighted by molar-refractivity contribution is 0.0199. The van der Waals surface area contributed by atoms with Crippen LogP contribution in [-0.2, 0) is 0 Å². The first-order valence-corrected chi connectivity index (χ1v) is 8.67. The van der Waals surface area contributed by atoms with Crippen molar-refractivity contribution in [1.29, 1.82) is 0 Å². The molecule has 0 radical (unpaired) electrons. The molecule has 1 aromatic carbocycles. The predicted octanol–water partition coefficient (Wildman–Crippen LogP) is 3.99. The summed E-state index contributed by atoms with van der Waals surface area (Å²) in [5.41, 5.74) is 1.74. The Morgan fingerprint density at radius 3 is 2.52 bits per heavy atom. The minimum absolute atomic E-state index is 0.282. The van der Waals surface area contributed by atoms with Gasteiger partial charge in [0.2, 0.25) is 0 Å². The van der Waals surface area contributed by atoms with Gasteiger partial charge in [0, 0.05) is 30.7 Å². The fourth-order valence-electron chi connectivity index (χ4n) is 3.99. The maximum Gasteiger partial charge on any atom is 0.0478 e. The van der Waals surface area contributed by atoms with E-state index >= 15 is 0 Å². The van der Waals surface area contributed by atoms with Crippen LogP contribution in [0.3, 0.4) is 0 Å². The number of rotatable bonds is 5. The van der Waals surface area contributed by atoms with Crippen LogP contribution in [0.4, 0.5) is 0 Å². The zero-order valence-electron chi connectivity index (χ0n) is 13.8. The number of hydrogen-bond acceptors (Lipinski definition) is 2. The highest BCUT2D eigenvalue weighted by molar-refractivity contribution is 5.21. The third-order valence-corrected chi connectivity index (χ3v) is 5.36. The first-order chi connectivity index (χ1) is 10.1. The van der Waals surface area contributed by atoms with E-state index in [9.17, 15) is 0 Å². The molecule has 3 rings (SSSR count). The van der Waals surface area contributed by atoms with Gasteiger partial charge in [0.05, 0.1) is 0 Å². The van der Waals surface area contributed by atoms with Crippen LogP contribution >= 0.6 is 0 Å². The van der Waals surface area contributed by atoms with Gasteiger partial charge in [-0.15, -0.1) is 0 Å². The molecular formula is C19H30N2. The second-order valence-corrected chi connectivity index (χ2v) is 7.49. The Balaban J connectivity index is 1.83. The highest BCUT2D eigenvalue weighted by atomic mass is 15.3. The molecule has 0 amide bonds. The van der Waals surface area contributed by atoms with Crippen molar-refractivity contribution in [2.24, 2.45) is 5.92 Å². The van der Waals surface area contributed by atoms with Crippen LogP contribution in [0.1, 0.15) is 58.1 Å². The molecule has 2 atom stereocenters. The average molecular weight is 286 g/mol. The first-order valence-electron chi connectivity index (χ1n) is 8.67. The van der Waals surface area contributed by atoms with E-state index in [1.807, 2.05) is 0 Å². The summed E-state index contributed by atoms with van der Waals surface area (Å²) in [6.07, 6.45) is 5.38. The molecule has 1 aromatic rings. The largest absolute Gasteiger partial charge is 0.311 e. The van der Waals surface area contributed by atoms with Crippen LogP contribution in [0.2, 0.25) is 0 Å². The molecule has 2 unspecified atom stereocenters. The molecule has 116 valence electrons. The van der Waals surface area contributed by atoms with Crippen LogP contribution in [0.15, 0.2) is 30.3 Å². The minimum atomic E-state index is 0.282. The summed E-state index contributed by atoms with van der Waals surface area (Å²) in [5, 5.41) is 3.83. The van der Waals surface area contributed by atoms with Crippen LogP contribution < -0.4 is 5.32 Å². The van der Waals surface area contributed by atoms with Gasteiger partial charge in [0.15, 0.2) is 0 Å². The lowest BCUT2D eigenvalue weighted by atomic mass is 9.89. The Hall–Kier alpha value is -0.860. The standard InChI is InChI=1S/C19H30N2/c1-4-12-19(2,3)21-14-17(15-10-11-15)20-13-18(21)16-8-6-5-7-9-16/h5-9,15,17-18,20H,4,10-14H2,1-3H3. The molecule has 1 heterocycles. The number of hydrogen-bond donors (Lipinski definition) is 1. The normalized spacial score (nSPS) is 27.8. The highest BCUT2D eigenvalue weighted by Crippen LogP contribution is 2.39. The van der Waals surface area contributed by atoms with E-state index in [1.54, 1.807) is 0 Å². The molecule has 1 N–H and O–H groups in total. The topological polar surface area (TPSA) is 15.3 Å². The molecule has 1 aliphatic heterocycles. The molecule has 1 aliphatic carbocycles. The second kappa shape index (κ2) is 6.10. The Labute approximate surface area is 129 Å². The van der Waals surface area contributed by atoms with Gasteiger partial charge in [0.25, 0.3) is 0 Å². The molecule has 1 saturated heterocycles. The van der Waals surface area contributed by atoms with Crippen molar-refractivity contribution in [3.8, 4) is 0 Å². The van der Waals surface area contributed by atoms with E-state index in [4.69, 9.17) is 0 Å². The van der Waals surface area contributed by atoms with E-state index in [-0.39, 0.29) is 5.54 Å². The lowest BCUT2D eigenvalue weighted by Crippen LogP contribution is -2.59. The van der Waals surface area contributed by atoms with Gasteiger partial charge < -0.3 is 5.32 Å². The number of nitrogens with zero attached hydrogens (tertiary/aromatic N) is 1.